The van der Waals surface area contributed by atoms with Crippen LogP contribution in [0.4, 0.5) is 61.5 Å². The summed E-state index contributed by atoms with van der Waals surface area (Å²) < 4.78 is 206. The summed E-state index contributed by atoms with van der Waals surface area (Å²) >= 11 is 0. The van der Waals surface area contributed by atoms with Gasteiger partial charge in [-0.3, -0.25) is 0 Å². The molecular formula is C51H36F14O2. The molecule has 16 heteroatoms. The largest absolute Gasteiger partial charge is 0.432 e. The van der Waals surface area contributed by atoms with E-state index in [0.29, 0.717) is 41.0 Å². The lowest BCUT2D eigenvalue weighted by Crippen LogP contribution is -2.25. The van der Waals surface area contributed by atoms with Gasteiger partial charge in [0.25, 0.3) is 0 Å². The molecule has 2 nitrogen and oxygen atoms in total. The molecule has 0 aliphatic carbocycles. The summed E-state index contributed by atoms with van der Waals surface area (Å²) in [6.07, 6.45) is -5.45. The van der Waals surface area contributed by atoms with Crippen molar-refractivity contribution >= 4 is 0 Å². The molecule has 0 aliphatic rings. The number of halogens is 14. The number of alkyl halides is 4. The van der Waals surface area contributed by atoms with E-state index in [1.165, 1.54) is 12.1 Å². The highest BCUT2D eigenvalue weighted by molar-refractivity contribution is 5.72. The zero-order valence-electron chi connectivity index (χ0n) is 35.4. The average Bonchev–Trinajstić information content (AvgIpc) is 3.26. The number of hydrogen-bond donors (Lipinski definition) is 0. The van der Waals surface area contributed by atoms with E-state index in [4.69, 9.17) is 0 Å². The first-order chi connectivity index (χ1) is 31.6. The lowest BCUT2D eigenvalue weighted by molar-refractivity contribution is -0.190. The van der Waals surface area contributed by atoms with Crippen molar-refractivity contribution in [1.82, 2.24) is 0 Å². The highest BCUT2D eigenvalue weighted by Crippen LogP contribution is 2.40. The smallest absolute Gasteiger partial charge is 0.429 e. The fraction of sp³-hybridized carbons (Fsp3) is 0.176. The van der Waals surface area contributed by atoms with Crippen molar-refractivity contribution < 1.29 is 70.9 Å². The fourth-order valence-electron chi connectivity index (χ4n) is 6.86. The molecule has 0 aliphatic heterocycles. The van der Waals surface area contributed by atoms with Crippen LogP contribution >= 0.6 is 0 Å². The molecule has 0 bridgehead atoms. The second-order valence-corrected chi connectivity index (χ2v) is 15.2. The molecule has 0 saturated carbocycles. The Morgan fingerprint density at radius 2 is 0.836 bits per heavy atom. The minimum atomic E-state index is -4.74. The molecule has 0 radical (unpaired) electrons. The van der Waals surface area contributed by atoms with Gasteiger partial charge in [-0.05, 0) is 101 Å². The van der Waals surface area contributed by atoms with E-state index in [9.17, 15) is 61.5 Å². The normalized spacial score (nSPS) is 11.6. The first-order valence-corrected chi connectivity index (χ1v) is 20.3. The van der Waals surface area contributed by atoms with E-state index in [-0.39, 0.29) is 28.8 Å². The molecule has 0 spiro atoms. The molecule has 0 fully saturated rings. The number of ether oxygens (including phenoxy) is 2. The van der Waals surface area contributed by atoms with E-state index < -0.39 is 98.6 Å². The molecule has 350 valence electrons. The Morgan fingerprint density at radius 3 is 1.30 bits per heavy atom. The third-order valence-corrected chi connectivity index (χ3v) is 10.3. The van der Waals surface area contributed by atoms with E-state index >= 15 is 0 Å². The van der Waals surface area contributed by atoms with E-state index in [1.807, 2.05) is 50.2 Å². The van der Waals surface area contributed by atoms with Crippen molar-refractivity contribution in [1.29, 1.82) is 0 Å². The minimum absolute atomic E-state index is 0.102. The fourth-order valence-corrected chi connectivity index (χ4v) is 6.86. The van der Waals surface area contributed by atoms with Crippen LogP contribution in [0.15, 0.2) is 115 Å². The molecular weight excluding hydrogens is 911 g/mol. The first kappa shape index (κ1) is 49.6. The summed E-state index contributed by atoms with van der Waals surface area (Å²) in [5, 5.41) is 0. The highest BCUT2D eigenvalue weighted by atomic mass is 19.3. The van der Waals surface area contributed by atoms with Gasteiger partial charge in [0.1, 0.15) is 40.4 Å². The monoisotopic (exact) mass is 946 g/mol. The van der Waals surface area contributed by atoms with Crippen molar-refractivity contribution in [3.63, 3.8) is 0 Å². The second kappa shape index (κ2) is 20.4. The second-order valence-electron chi connectivity index (χ2n) is 15.2. The molecule has 0 atom stereocenters. The predicted octanol–water partition coefficient (Wildman–Crippen LogP) is 16.2. The van der Waals surface area contributed by atoms with Crippen LogP contribution in [0.1, 0.15) is 54.5 Å². The van der Waals surface area contributed by atoms with Crippen LogP contribution in [-0.4, -0.2) is 0 Å². The molecule has 7 aromatic carbocycles. The quantitative estimate of drug-likeness (QED) is 0.0847. The molecule has 0 aromatic heterocycles. The number of hydrogen-bond acceptors (Lipinski definition) is 2. The zero-order chi connectivity index (χ0) is 49.0. The Balaban J connectivity index is 0.000000226. The van der Waals surface area contributed by atoms with Crippen molar-refractivity contribution in [2.45, 2.75) is 58.7 Å². The summed E-state index contributed by atoms with van der Waals surface area (Å²) in [5.41, 5.74) is -0.124. The summed E-state index contributed by atoms with van der Waals surface area (Å²) in [6, 6.07) is 22.0. The van der Waals surface area contributed by atoms with Gasteiger partial charge in [-0.15, -0.1) is 0 Å². The van der Waals surface area contributed by atoms with Crippen LogP contribution in [0.2, 0.25) is 0 Å². The summed E-state index contributed by atoms with van der Waals surface area (Å²) in [5.74, 6) is -17.8. The predicted molar refractivity (Wildman–Crippen MR) is 223 cm³/mol. The Bertz CT molecular complexity index is 2810. The van der Waals surface area contributed by atoms with Gasteiger partial charge in [-0.2, -0.15) is 17.6 Å². The molecule has 0 unspecified atom stereocenters. The summed E-state index contributed by atoms with van der Waals surface area (Å²) in [4.78, 5) is 0. The Labute approximate surface area is 375 Å². The van der Waals surface area contributed by atoms with Gasteiger partial charge in [0.05, 0.1) is 5.56 Å². The van der Waals surface area contributed by atoms with Gasteiger partial charge in [-0.1, -0.05) is 87.4 Å². The van der Waals surface area contributed by atoms with Crippen LogP contribution in [0.3, 0.4) is 0 Å². The Morgan fingerprint density at radius 1 is 0.403 bits per heavy atom. The SMILES string of the molecule is CCCc1ccc(-c2cc(F)c(OC(F)(F)c3cc(F)c(C)c(F)c3)c(F)c2)cc1.CCCc1ccc(-c2ccc(-c3cc(F)c(C(F)(F)Oc4cc(F)c(F)c(F)c4)c(F)c3)c(F)c2)cc1. The molecule has 7 rings (SSSR count). The number of aryl methyl sites for hydroxylation is 2. The molecule has 7 aromatic rings. The van der Waals surface area contributed by atoms with Crippen molar-refractivity contribution in [3.05, 3.63) is 201 Å². The van der Waals surface area contributed by atoms with Crippen LogP contribution in [0, 0.1) is 65.1 Å². The van der Waals surface area contributed by atoms with E-state index in [0.717, 1.165) is 61.9 Å². The van der Waals surface area contributed by atoms with Crippen molar-refractivity contribution in [2.75, 3.05) is 0 Å². The Hall–Kier alpha value is -6.84. The van der Waals surface area contributed by atoms with Gasteiger partial charge in [-0.25, -0.2) is 43.9 Å². The van der Waals surface area contributed by atoms with Gasteiger partial charge in [0.15, 0.2) is 34.8 Å². The molecule has 0 heterocycles. The minimum Gasteiger partial charge on any atom is -0.429 e. The molecule has 67 heavy (non-hydrogen) atoms. The summed E-state index contributed by atoms with van der Waals surface area (Å²) in [6.45, 7) is 5.13. The lowest BCUT2D eigenvalue weighted by Gasteiger charge is -2.20. The maximum absolute atomic E-state index is 14.9. The van der Waals surface area contributed by atoms with Crippen LogP contribution in [0.5, 0.6) is 11.5 Å². The molecule has 0 amide bonds. The van der Waals surface area contributed by atoms with E-state index in [2.05, 4.69) is 9.47 Å². The average molecular weight is 947 g/mol. The maximum atomic E-state index is 14.9. The van der Waals surface area contributed by atoms with Crippen LogP contribution < -0.4 is 9.47 Å². The topological polar surface area (TPSA) is 18.5 Å². The van der Waals surface area contributed by atoms with Gasteiger partial charge >= 0.3 is 12.2 Å². The number of rotatable bonds is 13. The third kappa shape index (κ3) is 11.4. The van der Waals surface area contributed by atoms with Crippen molar-refractivity contribution in [3.8, 4) is 44.9 Å². The van der Waals surface area contributed by atoms with Crippen molar-refractivity contribution in [2.24, 2.45) is 0 Å². The van der Waals surface area contributed by atoms with Crippen LogP contribution in [0.25, 0.3) is 33.4 Å². The molecule has 0 saturated heterocycles. The lowest BCUT2D eigenvalue weighted by atomic mass is 9.97. The standard InChI is InChI=1S/C28H18F8O.C23H18F6O/c1-2-3-15-4-6-16(7-5-15)17-8-9-20(21(29)10-17)18-11-22(30)26(23(31)12-18)28(35,36)37-19-13-24(32)27(34)25(33)14-19;1-3-4-14-5-7-15(8-6-14)16-9-20(26)22(21(27)10-16)30-23(28,29)17-11-18(24)13(2)19(25)12-17/h4-14H,2-3H2,1H3;5-12H,3-4H2,1-2H3. The van der Waals surface area contributed by atoms with Gasteiger partial charge in [0.2, 0.25) is 0 Å². The maximum Gasteiger partial charge on any atom is 0.432 e. The van der Waals surface area contributed by atoms with Crippen LogP contribution in [-0.2, 0) is 25.1 Å². The van der Waals surface area contributed by atoms with E-state index in [1.54, 1.807) is 12.1 Å². The van der Waals surface area contributed by atoms with Gasteiger partial charge < -0.3 is 9.47 Å². The van der Waals surface area contributed by atoms with Gasteiger partial charge in [0, 0.05) is 23.3 Å². The third-order valence-electron chi connectivity index (χ3n) is 10.3. The molecule has 0 N–H and O–H groups in total. The first-order valence-electron chi connectivity index (χ1n) is 20.3. The zero-order valence-corrected chi connectivity index (χ0v) is 35.4. The summed E-state index contributed by atoms with van der Waals surface area (Å²) in [7, 11) is 0. The Kier molecular flexibility index (Phi) is 15.1. The number of benzene rings is 7. The highest BCUT2D eigenvalue weighted by Gasteiger charge is 2.42.